The summed E-state index contributed by atoms with van der Waals surface area (Å²) in [6.07, 6.45) is -4.13. The Balaban J connectivity index is 0.000000427. The maximum absolute atomic E-state index is 12.7. The lowest BCUT2D eigenvalue weighted by molar-refractivity contribution is -0.197. The number of nitrogens with zero attached hydrogens (tertiary/aromatic N) is 10. The second-order valence-electron chi connectivity index (χ2n) is 27.9. The van der Waals surface area contributed by atoms with E-state index in [0.717, 1.165) is 32.7 Å². The summed E-state index contributed by atoms with van der Waals surface area (Å²) < 4.78 is 38.1. The first kappa shape index (κ1) is 65.1. The number of Topliss-reactive ketones (excluding diaryl/α,β-unsaturated/α-hetero) is 1. The number of halogens is 3. The Morgan fingerprint density at radius 3 is 1.12 bits per heavy atom. The highest BCUT2D eigenvalue weighted by Crippen LogP contribution is 2.34. The summed E-state index contributed by atoms with van der Waals surface area (Å²) in [6, 6.07) is -1.24. The van der Waals surface area contributed by atoms with E-state index in [-0.39, 0.29) is 46.1 Å². The maximum Gasteiger partial charge on any atom is 0.405 e. The minimum atomic E-state index is -4.13. The molecule has 0 aliphatic carbocycles. The van der Waals surface area contributed by atoms with Crippen LogP contribution in [-0.2, 0) is 4.79 Å². The van der Waals surface area contributed by atoms with Crippen LogP contribution in [0.25, 0.3) is 0 Å². The van der Waals surface area contributed by atoms with Crippen molar-refractivity contribution in [2.24, 2.45) is 0 Å². The molecule has 5 rings (SSSR count). The summed E-state index contributed by atoms with van der Waals surface area (Å²) >= 11 is 0. The number of piperazine rings is 5. The summed E-state index contributed by atoms with van der Waals surface area (Å²) in [4.78, 5) is 34.3. The van der Waals surface area contributed by atoms with Crippen LogP contribution < -0.4 is 0 Å². The van der Waals surface area contributed by atoms with Gasteiger partial charge in [-0.05, 0) is 188 Å². The molecule has 11 nitrogen and oxygen atoms in total. The van der Waals surface area contributed by atoms with E-state index in [0.29, 0.717) is 29.7 Å². The Bertz CT molecular complexity index is 1470. The lowest BCUT2D eigenvalue weighted by Crippen LogP contribution is -2.69. The highest BCUT2D eigenvalue weighted by Gasteiger charge is 2.47. The fourth-order valence-corrected chi connectivity index (χ4v) is 9.54. The standard InChI is InChI=1S/C13H28N2.C11H22N2O.C11H24N2.C10H19F3N2.C9H20N2/c1-11(2,3)15-9-12(4,5)14(8)13(6,7)10-15;1-9(14)10-8-13(11(2,3)4)7-6-12(10)5;1-10(2,3)13-8-7-12(6)11(4,5)9-13;1-9(2,3)15-6-5-14(4)8(7-15)10(11,12)13;1-9(2,3)11-7-5-10(4)6-8-11/h9-10H2,1-8H3;10H,6-8H2,1-5H3;7-9H2,1-6H3;8H,5-7H2,1-4H3;5-8H2,1-4H3. The minimum Gasteiger partial charge on any atom is -0.304 e. The van der Waals surface area contributed by atoms with Crippen molar-refractivity contribution in [1.29, 1.82) is 0 Å². The van der Waals surface area contributed by atoms with Crippen LogP contribution in [-0.4, -0.2) is 251 Å². The van der Waals surface area contributed by atoms with Crippen LogP contribution in [0.5, 0.6) is 0 Å². The summed E-state index contributed by atoms with van der Waals surface area (Å²) in [5.74, 6) is 0.279. The molecule has 14 heteroatoms. The van der Waals surface area contributed by atoms with Gasteiger partial charge in [0.15, 0.2) is 0 Å². The van der Waals surface area contributed by atoms with Gasteiger partial charge in [0.2, 0.25) is 0 Å². The van der Waals surface area contributed by atoms with Crippen LogP contribution in [0.4, 0.5) is 13.2 Å². The van der Waals surface area contributed by atoms with Crippen LogP contribution in [0, 0.1) is 0 Å². The zero-order valence-electron chi connectivity index (χ0n) is 49.8. The van der Waals surface area contributed by atoms with Crippen LogP contribution in [0.1, 0.15) is 152 Å². The van der Waals surface area contributed by atoms with Gasteiger partial charge in [-0.2, -0.15) is 13.2 Å². The largest absolute Gasteiger partial charge is 0.405 e. The molecule has 0 aromatic heterocycles. The SMILES string of the molecule is CC(=O)C1CN(C(C)(C)C)CCN1C.CN1C(C)(C)CN(C(C)(C)C)CC1(C)C.CN1CCN(C(C)(C)C)CC1.CN1CCN(C(C)(C)C)CC1(C)C.CN1CCN(C(C)(C)C)CC1C(F)(F)F. The van der Waals surface area contributed by atoms with Crippen molar-refractivity contribution in [3.05, 3.63) is 0 Å². The van der Waals surface area contributed by atoms with Crippen LogP contribution in [0.3, 0.4) is 0 Å². The topological polar surface area (TPSA) is 49.5 Å². The van der Waals surface area contributed by atoms with Crippen molar-refractivity contribution in [3.8, 4) is 0 Å². The molecule has 5 fully saturated rings. The van der Waals surface area contributed by atoms with Gasteiger partial charge in [-0.15, -0.1) is 0 Å². The van der Waals surface area contributed by atoms with Crippen LogP contribution >= 0.6 is 0 Å². The summed E-state index contributed by atoms with van der Waals surface area (Å²) in [6.45, 7) is 63.8. The highest BCUT2D eigenvalue weighted by molar-refractivity contribution is 5.81. The molecule has 0 bridgehead atoms. The molecule has 2 atom stereocenters. The fourth-order valence-electron chi connectivity index (χ4n) is 9.54. The highest BCUT2D eigenvalue weighted by atomic mass is 19.4. The van der Waals surface area contributed by atoms with Gasteiger partial charge in [-0.1, -0.05) is 0 Å². The van der Waals surface area contributed by atoms with Crippen molar-refractivity contribution >= 4 is 5.78 Å². The van der Waals surface area contributed by atoms with Crippen molar-refractivity contribution in [1.82, 2.24) is 49.0 Å². The molecule has 5 heterocycles. The summed E-state index contributed by atoms with van der Waals surface area (Å²) in [5.41, 5.74) is 1.78. The molecule has 5 aliphatic heterocycles. The number of carbonyl (C=O) groups is 1. The van der Waals surface area contributed by atoms with Gasteiger partial charge in [0.05, 0.1) is 6.04 Å². The van der Waals surface area contributed by atoms with E-state index in [2.05, 4.69) is 185 Å². The van der Waals surface area contributed by atoms with Gasteiger partial charge in [0, 0.05) is 142 Å². The third-order valence-corrected chi connectivity index (χ3v) is 15.7. The van der Waals surface area contributed by atoms with Gasteiger partial charge in [0.1, 0.15) is 11.8 Å². The molecule has 0 aromatic carbocycles. The van der Waals surface area contributed by atoms with Gasteiger partial charge < -0.3 is 4.90 Å². The Morgan fingerprint density at radius 2 is 0.765 bits per heavy atom. The molecule has 0 saturated carbocycles. The fraction of sp³-hybridized carbons (Fsp3) is 0.981. The third-order valence-electron chi connectivity index (χ3n) is 15.7. The van der Waals surface area contributed by atoms with E-state index in [1.54, 1.807) is 6.92 Å². The molecule has 2 unspecified atom stereocenters. The summed E-state index contributed by atoms with van der Waals surface area (Å²) in [7, 11) is 10.2. The number of carbonyl (C=O) groups excluding carboxylic acids is 1. The van der Waals surface area contributed by atoms with Crippen molar-refractivity contribution in [3.63, 3.8) is 0 Å². The Labute approximate surface area is 419 Å². The lowest BCUT2D eigenvalue weighted by atomic mass is 9.86. The molecule has 0 radical (unpaired) electrons. The number of likely N-dealkylation sites (N-methyl/N-ethyl adjacent to an activating group) is 5. The normalized spacial score (nSPS) is 26.5. The first-order chi connectivity index (χ1) is 30.1. The summed E-state index contributed by atoms with van der Waals surface area (Å²) in [5, 5.41) is 0. The second kappa shape index (κ2) is 24.4. The number of rotatable bonds is 1. The van der Waals surface area contributed by atoms with Crippen LogP contribution in [0.15, 0.2) is 0 Å². The van der Waals surface area contributed by atoms with Crippen molar-refractivity contribution in [2.75, 3.05) is 133 Å². The van der Waals surface area contributed by atoms with Gasteiger partial charge in [-0.25, -0.2) is 0 Å². The van der Waals surface area contributed by atoms with Crippen molar-refractivity contribution < 1.29 is 18.0 Å². The van der Waals surface area contributed by atoms with Crippen molar-refractivity contribution in [2.45, 2.75) is 215 Å². The predicted octanol–water partition coefficient (Wildman–Crippen LogP) is 8.39. The average molecular weight is 976 g/mol. The van der Waals surface area contributed by atoms with E-state index in [1.807, 2.05) is 32.7 Å². The predicted molar refractivity (Wildman–Crippen MR) is 286 cm³/mol. The Kier molecular flexibility index (Phi) is 23.3. The lowest BCUT2D eigenvalue weighted by Gasteiger charge is -2.58. The van der Waals surface area contributed by atoms with E-state index in [9.17, 15) is 18.0 Å². The van der Waals surface area contributed by atoms with Gasteiger partial charge in [-0.3, -0.25) is 48.9 Å². The molecule has 406 valence electrons. The molecule has 5 aliphatic rings. The Morgan fingerprint density at radius 1 is 0.426 bits per heavy atom. The quantitative estimate of drug-likeness (QED) is 0.255. The van der Waals surface area contributed by atoms with Gasteiger partial charge >= 0.3 is 6.18 Å². The number of alkyl halides is 3. The first-order valence-electron chi connectivity index (χ1n) is 26.0. The molecule has 0 aromatic rings. The molecular weight excluding hydrogens is 862 g/mol. The van der Waals surface area contributed by atoms with Crippen LogP contribution in [0.2, 0.25) is 0 Å². The zero-order chi connectivity index (χ0) is 53.6. The smallest absolute Gasteiger partial charge is 0.304 e. The number of hydrogen-bond acceptors (Lipinski definition) is 11. The minimum absolute atomic E-state index is 0.0729. The molecule has 0 amide bonds. The third kappa shape index (κ3) is 20.9. The van der Waals surface area contributed by atoms with E-state index >= 15 is 0 Å². The molecule has 68 heavy (non-hydrogen) atoms. The zero-order valence-corrected chi connectivity index (χ0v) is 49.8. The van der Waals surface area contributed by atoms with E-state index in [4.69, 9.17) is 0 Å². The van der Waals surface area contributed by atoms with E-state index in [1.165, 1.54) is 57.8 Å². The second-order valence-corrected chi connectivity index (χ2v) is 27.9. The first-order valence-corrected chi connectivity index (χ1v) is 26.0. The number of ketones is 1. The number of hydrogen-bond donors (Lipinski definition) is 0. The van der Waals surface area contributed by atoms with Gasteiger partial charge in [0.25, 0.3) is 0 Å². The molecule has 5 saturated heterocycles. The van der Waals surface area contributed by atoms with E-state index < -0.39 is 12.2 Å². The maximum atomic E-state index is 12.7. The molecular formula is C54H113F3N10O. The molecule has 0 spiro atoms. The Hall–Kier alpha value is -0.940. The molecule has 0 N–H and O–H groups in total. The average Bonchev–Trinajstić information content (AvgIpc) is 3.13. The monoisotopic (exact) mass is 975 g/mol.